The minimum absolute atomic E-state index is 0.206. The Balaban J connectivity index is 2.35. The van der Waals surface area contributed by atoms with Crippen LogP contribution in [0.1, 0.15) is 10.4 Å². The van der Waals surface area contributed by atoms with Crippen LogP contribution in [0.2, 0.25) is 0 Å². The highest BCUT2D eigenvalue weighted by Crippen LogP contribution is 2.27. The van der Waals surface area contributed by atoms with Crippen molar-refractivity contribution < 1.29 is 9.90 Å². The summed E-state index contributed by atoms with van der Waals surface area (Å²) in [6, 6.07) is 6.93. The van der Waals surface area contributed by atoms with Gasteiger partial charge in [0, 0.05) is 24.2 Å². The van der Waals surface area contributed by atoms with Crippen LogP contribution in [0.25, 0.3) is 16.9 Å². The van der Waals surface area contributed by atoms with Crippen molar-refractivity contribution in [3.8, 4) is 11.4 Å². The molecule has 0 bridgehead atoms. The fraction of sp³-hybridized carbons (Fsp3) is 0. The molecule has 3 aromatic rings. The molecule has 0 saturated heterocycles. The summed E-state index contributed by atoms with van der Waals surface area (Å²) < 4.78 is 2.24. The summed E-state index contributed by atoms with van der Waals surface area (Å²) in [5.41, 5.74) is 1.57. The molecule has 0 aliphatic carbocycles. The Morgan fingerprint density at radius 3 is 2.84 bits per heavy atom. The topological polar surface area (TPSA) is 67.5 Å². The molecular formula is C13H8BrN3O2. The molecule has 0 amide bonds. The zero-order valence-corrected chi connectivity index (χ0v) is 11.2. The highest BCUT2D eigenvalue weighted by atomic mass is 79.9. The van der Waals surface area contributed by atoms with Gasteiger partial charge in [0.1, 0.15) is 10.4 Å². The number of pyridine rings is 2. The summed E-state index contributed by atoms with van der Waals surface area (Å²) in [7, 11) is 0. The quantitative estimate of drug-likeness (QED) is 0.789. The number of imidazole rings is 1. The molecule has 0 spiro atoms. The lowest BCUT2D eigenvalue weighted by Crippen LogP contribution is -2.00. The van der Waals surface area contributed by atoms with Gasteiger partial charge in [-0.25, -0.2) is 9.78 Å². The van der Waals surface area contributed by atoms with Crippen LogP contribution in [0.15, 0.2) is 47.5 Å². The Labute approximate surface area is 116 Å². The molecule has 19 heavy (non-hydrogen) atoms. The van der Waals surface area contributed by atoms with Crippen molar-refractivity contribution in [2.75, 3.05) is 0 Å². The average Bonchev–Trinajstić information content (AvgIpc) is 2.77. The Kier molecular flexibility index (Phi) is 2.79. The Hall–Kier alpha value is -2.21. The summed E-state index contributed by atoms with van der Waals surface area (Å²) in [6.45, 7) is 0. The van der Waals surface area contributed by atoms with Crippen LogP contribution in [0.3, 0.4) is 0 Å². The normalized spacial score (nSPS) is 10.8. The van der Waals surface area contributed by atoms with E-state index in [9.17, 15) is 9.90 Å². The fourth-order valence-corrected chi connectivity index (χ4v) is 2.54. The van der Waals surface area contributed by atoms with Gasteiger partial charge in [0.15, 0.2) is 0 Å². The summed E-state index contributed by atoms with van der Waals surface area (Å²) >= 11 is 3.32. The standard InChI is InChI=1S/C13H8BrN3O2/c14-11-10-9(13(18)19)4-2-6-17(10)12(16-11)8-3-1-5-15-7-8/h1-7H,(H,18,19). The van der Waals surface area contributed by atoms with Crippen molar-refractivity contribution in [1.82, 2.24) is 14.4 Å². The highest BCUT2D eigenvalue weighted by molar-refractivity contribution is 9.10. The van der Waals surface area contributed by atoms with Gasteiger partial charge in [-0.15, -0.1) is 0 Å². The maximum absolute atomic E-state index is 11.2. The molecule has 3 rings (SSSR count). The van der Waals surface area contributed by atoms with E-state index in [0.29, 0.717) is 15.9 Å². The second kappa shape index (κ2) is 4.47. The lowest BCUT2D eigenvalue weighted by atomic mass is 10.2. The van der Waals surface area contributed by atoms with Crippen molar-refractivity contribution in [3.05, 3.63) is 53.0 Å². The van der Waals surface area contributed by atoms with Gasteiger partial charge in [0.2, 0.25) is 0 Å². The van der Waals surface area contributed by atoms with Crippen molar-refractivity contribution in [3.63, 3.8) is 0 Å². The molecule has 0 aliphatic rings. The van der Waals surface area contributed by atoms with E-state index < -0.39 is 5.97 Å². The molecule has 6 heteroatoms. The fourth-order valence-electron chi connectivity index (χ4n) is 1.97. The number of hydrogen-bond acceptors (Lipinski definition) is 3. The van der Waals surface area contributed by atoms with Crippen LogP contribution in [-0.4, -0.2) is 25.4 Å². The molecule has 0 unspecified atom stereocenters. The number of rotatable bonds is 2. The maximum Gasteiger partial charge on any atom is 0.337 e. The molecule has 0 aromatic carbocycles. The second-order valence-corrected chi connectivity index (χ2v) is 4.66. The van der Waals surface area contributed by atoms with Gasteiger partial charge >= 0.3 is 5.97 Å². The van der Waals surface area contributed by atoms with E-state index in [1.165, 1.54) is 0 Å². The molecule has 0 fully saturated rings. The number of carboxylic acids is 1. The third-order valence-electron chi connectivity index (χ3n) is 2.77. The highest BCUT2D eigenvalue weighted by Gasteiger charge is 2.17. The van der Waals surface area contributed by atoms with Crippen molar-refractivity contribution in [1.29, 1.82) is 0 Å². The van der Waals surface area contributed by atoms with E-state index in [2.05, 4.69) is 25.9 Å². The molecule has 94 valence electrons. The summed E-state index contributed by atoms with van der Waals surface area (Å²) in [4.78, 5) is 19.7. The van der Waals surface area contributed by atoms with Crippen LogP contribution in [0.4, 0.5) is 0 Å². The van der Waals surface area contributed by atoms with Gasteiger partial charge in [0.25, 0.3) is 0 Å². The third-order valence-corrected chi connectivity index (χ3v) is 3.32. The van der Waals surface area contributed by atoms with E-state index in [0.717, 1.165) is 5.56 Å². The number of nitrogens with zero attached hydrogens (tertiary/aromatic N) is 3. The molecule has 3 aromatic heterocycles. The van der Waals surface area contributed by atoms with Gasteiger partial charge in [-0.05, 0) is 40.2 Å². The van der Waals surface area contributed by atoms with Gasteiger partial charge in [0.05, 0.1) is 11.1 Å². The molecule has 0 saturated carbocycles. The molecule has 3 heterocycles. The van der Waals surface area contributed by atoms with Crippen LogP contribution in [0, 0.1) is 0 Å². The van der Waals surface area contributed by atoms with Gasteiger partial charge in [-0.2, -0.15) is 0 Å². The van der Waals surface area contributed by atoms with Crippen molar-refractivity contribution in [2.24, 2.45) is 0 Å². The van der Waals surface area contributed by atoms with E-state index in [1.807, 2.05) is 12.1 Å². The summed E-state index contributed by atoms with van der Waals surface area (Å²) in [5.74, 6) is -0.331. The van der Waals surface area contributed by atoms with Gasteiger partial charge in [-0.1, -0.05) is 0 Å². The van der Waals surface area contributed by atoms with E-state index >= 15 is 0 Å². The van der Waals surface area contributed by atoms with Crippen molar-refractivity contribution in [2.45, 2.75) is 0 Å². The lowest BCUT2D eigenvalue weighted by molar-refractivity contribution is 0.0698. The number of aromatic nitrogens is 3. The van der Waals surface area contributed by atoms with Crippen LogP contribution in [-0.2, 0) is 0 Å². The third kappa shape index (κ3) is 1.90. The Bertz CT molecular complexity index is 768. The maximum atomic E-state index is 11.2. The minimum Gasteiger partial charge on any atom is -0.478 e. The van der Waals surface area contributed by atoms with Crippen molar-refractivity contribution >= 4 is 27.4 Å². The predicted molar refractivity (Wildman–Crippen MR) is 73.1 cm³/mol. The zero-order chi connectivity index (χ0) is 13.4. The minimum atomic E-state index is -0.982. The average molecular weight is 318 g/mol. The van der Waals surface area contributed by atoms with E-state index in [-0.39, 0.29) is 5.56 Å². The first kappa shape index (κ1) is 11.9. The monoisotopic (exact) mass is 317 g/mol. The van der Waals surface area contributed by atoms with Gasteiger partial charge < -0.3 is 5.11 Å². The molecule has 5 nitrogen and oxygen atoms in total. The SMILES string of the molecule is O=C(O)c1cccn2c(-c3cccnc3)nc(Br)c12. The number of aromatic carboxylic acids is 1. The largest absolute Gasteiger partial charge is 0.478 e. The molecule has 0 aliphatic heterocycles. The molecule has 1 N–H and O–H groups in total. The molecule has 0 radical (unpaired) electrons. The van der Waals surface area contributed by atoms with Gasteiger partial charge in [-0.3, -0.25) is 9.38 Å². The van der Waals surface area contributed by atoms with Crippen LogP contribution >= 0.6 is 15.9 Å². The smallest absolute Gasteiger partial charge is 0.337 e. The number of carbonyl (C=O) groups is 1. The van der Waals surface area contributed by atoms with Crippen LogP contribution in [0.5, 0.6) is 0 Å². The molecular weight excluding hydrogens is 310 g/mol. The number of carboxylic acid groups (broad SMARTS) is 1. The Morgan fingerprint density at radius 1 is 1.32 bits per heavy atom. The summed E-state index contributed by atoms with van der Waals surface area (Å²) in [6.07, 6.45) is 5.15. The van der Waals surface area contributed by atoms with E-state index in [1.54, 1.807) is 35.1 Å². The first-order valence-electron chi connectivity index (χ1n) is 5.49. The van der Waals surface area contributed by atoms with E-state index in [4.69, 9.17) is 0 Å². The Morgan fingerprint density at radius 2 is 2.16 bits per heavy atom. The number of fused-ring (bicyclic) bond motifs is 1. The van der Waals surface area contributed by atoms with Crippen LogP contribution < -0.4 is 0 Å². The number of hydrogen-bond donors (Lipinski definition) is 1. The number of halogens is 1. The lowest BCUT2D eigenvalue weighted by Gasteiger charge is -2.02. The molecule has 0 atom stereocenters. The zero-order valence-electron chi connectivity index (χ0n) is 9.62. The first-order valence-corrected chi connectivity index (χ1v) is 6.28. The second-order valence-electron chi connectivity index (χ2n) is 3.91. The first-order chi connectivity index (χ1) is 9.18. The summed E-state index contributed by atoms with van der Waals surface area (Å²) in [5, 5.41) is 9.21. The predicted octanol–water partition coefficient (Wildman–Crippen LogP) is 2.86.